The third-order valence-corrected chi connectivity index (χ3v) is 5.53. The summed E-state index contributed by atoms with van der Waals surface area (Å²) in [6.45, 7) is 3.29. The topological polar surface area (TPSA) is 92.2 Å². The molecule has 108 valence electrons. The van der Waals surface area contributed by atoms with Crippen molar-refractivity contribution in [2.45, 2.75) is 31.9 Å². The first-order valence-corrected chi connectivity index (χ1v) is 8.25. The van der Waals surface area contributed by atoms with E-state index in [1.807, 2.05) is 6.92 Å². The monoisotopic (exact) mass is 313 g/mol. The van der Waals surface area contributed by atoms with E-state index in [1.165, 1.54) is 17.5 Å². The van der Waals surface area contributed by atoms with Gasteiger partial charge in [-0.15, -0.1) is 11.3 Å². The lowest BCUT2D eigenvalue weighted by Crippen LogP contribution is -2.25. The minimum atomic E-state index is -3.67. The second-order valence-electron chi connectivity index (χ2n) is 4.30. The lowest BCUT2D eigenvalue weighted by molar-refractivity contribution is 0.282. The van der Waals surface area contributed by atoms with Crippen molar-refractivity contribution in [3.63, 3.8) is 0 Å². The van der Waals surface area contributed by atoms with Gasteiger partial charge in [0, 0.05) is 6.20 Å². The van der Waals surface area contributed by atoms with Crippen LogP contribution in [0.4, 0.5) is 0 Å². The van der Waals surface area contributed by atoms with Crippen LogP contribution in [0.15, 0.2) is 22.7 Å². The van der Waals surface area contributed by atoms with E-state index < -0.39 is 10.0 Å². The molecule has 0 aliphatic carbocycles. The minimum absolute atomic E-state index is 0.0652. The van der Waals surface area contributed by atoms with Crippen LogP contribution in [0.2, 0.25) is 0 Å². The highest BCUT2D eigenvalue weighted by Crippen LogP contribution is 2.26. The van der Waals surface area contributed by atoms with Crippen LogP contribution >= 0.6 is 11.3 Å². The zero-order valence-corrected chi connectivity index (χ0v) is 12.8. The Hall–Kier alpha value is -1.35. The molecule has 0 aromatic carbocycles. The summed E-state index contributed by atoms with van der Waals surface area (Å²) in [5.41, 5.74) is 1.94. The number of aliphatic hydroxyl groups is 1. The first kappa shape index (κ1) is 15.0. The molecule has 2 rings (SSSR count). The molecule has 0 aliphatic heterocycles. The van der Waals surface area contributed by atoms with Crippen molar-refractivity contribution in [3.8, 4) is 0 Å². The maximum atomic E-state index is 12.3. The molecule has 8 heteroatoms. The second kappa shape index (κ2) is 5.96. The number of nitrogens with zero attached hydrogens (tertiary/aromatic N) is 2. The van der Waals surface area contributed by atoms with E-state index in [1.54, 1.807) is 18.5 Å². The average molecular weight is 313 g/mol. The van der Waals surface area contributed by atoms with Gasteiger partial charge in [0.05, 0.1) is 35.6 Å². The van der Waals surface area contributed by atoms with E-state index in [9.17, 15) is 13.5 Å². The van der Waals surface area contributed by atoms with Gasteiger partial charge in [-0.1, -0.05) is 0 Å². The quantitative estimate of drug-likeness (QED) is 0.863. The Morgan fingerprint density at radius 1 is 1.30 bits per heavy atom. The maximum Gasteiger partial charge on any atom is 0.242 e. The van der Waals surface area contributed by atoms with Crippen molar-refractivity contribution in [3.05, 3.63) is 39.6 Å². The van der Waals surface area contributed by atoms with Crippen LogP contribution < -0.4 is 4.72 Å². The van der Waals surface area contributed by atoms with E-state index in [4.69, 9.17) is 0 Å². The molecule has 2 N–H and O–H groups in total. The van der Waals surface area contributed by atoms with Crippen LogP contribution in [-0.4, -0.2) is 23.5 Å². The molecular formula is C12H15N3O3S2. The van der Waals surface area contributed by atoms with E-state index in [2.05, 4.69) is 14.7 Å². The van der Waals surface area contributed by atoms with Gasteiger partial charge in [0.15, 0.2) is 0 Å². The first-order valence-electron chi connectivity index (χ1n) is 5.89. The van der Waals surface area contributed by atoms with Crippen LogP contribution in [0.25, 0.3) is 0 Å². The lowest BCUT2D eigenvalue weighted by Gasteiger charge is -2.08. The van der Waals surface area contributed by atoms with Crippen molar-refractivity contribution < 1.29 is 13.5 Å². The Bertz CT molecular complexity index is 693. The fourth-order valence-corrected chi connectivity index (χ4v) is 4.37. The van der Waals surface area contributed by atoms with Gasteiger partial charge in [0.2, 0.25) is 10.0 Å². The second-order valence-corrected chi connectivity index (χ2v) is 6.97. The fourth-order valence-electron chi connectivity index (χ4n) is 1.71. The van der Waals surface area contributed by atoms with Gasteiger partial charge in [0.25, 0.3) is 0 Å². The number of hydrogen-bond donors (Lipinski definition) is 2. The number of rotatable bonds is 5. The average Bonchev–Trinajstić information content (AvgIpc) is 2.80. The molecule has 2 aromatic rings. The van der Waals surface area contributed by atoms with E-state index >= 15 is 0 Å². The molecule has 0 radical (unpaired) electrons. The van der Waals surface area contributed by atoms with Gasteiger partial charge in [-0.3, -0.25) is 9.97 Å². The maximum absolute atomic E-state index is 12.3. The molecule has 0 saturated carbocycles. The molecule has 0 amide bonds. The number of aliphatic hydroxyl groups excluding tert-OH is 1. The van der Waals surface area contributed by atoms with E-state index in [0.29, 0.717) is 16.1 Å². The zero-order chi connectivity index (χ0) is 14.8. The number of aromatic nitrogens is 2. The van der Waals surface area contributed by atoms with E-state index in [-0.39, 0.29) is 18.0 Å². The molecule has 2 aromatic heterocycles. The van der Waals surface area contributed by atoms with Gasteiger partial charge in [-0.2, -0.15) is 0 Å². The third kappa shape index (κ3) is 3.21. The van der Waals surface area contributed by atoms with Gasteiger partial charge >= 0.3 is 0 Å². The Morgan fingerprint density at radius 2 is 2.05 bits per heavy atom. The van der Waals surface area contributed by atoms with Crippen LogP contribution in [-0.2, 0) is 23.2 Å². The summed E-state index contributed by atoms with van der Waals surface area (Å²) in [5.74, 6) is 0. The highest BCUT2D eigenvalue weighted by molar-refractivity contribution is 7.89. The molecule has 2 heterocycles. The van der Waals surface area contributed by atoms with Crippen molar-refractivity contribution in [1.29, 1.82) is 0 Å². The third-order valence-electron chi connectivity index (χ3n) is 2.68. The highest BCUT2D eigenvalue weighted by atomic mass is 32.2. The van der Waals surface area contributed by atoms with Crippen LogP contribution in [0.5, 0.6) is 0 Å². The number of aryl methyl sites for hydroxylation is 2. The molecule has 0 fully saturated rings. The Labute approximate surface area is 121 Å². The lowest BCUT2D eigenvalue weighted by atomic mass is 10.3. The summed E-state index contributed by atoms with van der Waals surface area (Å²) in [7, 11) is -3.67. The van der Waals surface area contributed by atoms with Gasteiger partial charge in [-0.25, -0.2) is 13.1 Å². The molecule has 0 unspecified atom stereocenters. The standard InChI is InChI=1S/C12H15N3O3S2/c1-8-7-19-11(6-16)12(8)20(17,18)15-5-10-4-13-9(2)3-14-10/h3-4,7,15-16H,5-6H2,1-2H3. The summed E-state index contributed by atoms with van der Waals surface area (Å²) in [6, 6.07) is 0. The summed E-state index contributed by atoms with van der Waals surface area (Å²) < 4.78 is 27.0. The van der Waals surface area contributed by atoms with Gasteiger partial charge in [0.1, 0.15) is 4.90 Å². The van der Waals surface area contributed by atoms with Gasteiger partial charge in [-0.05, 0) is 24.8 Å². The van der Waals surface area contributed by atoms with Crippen molar-refractivity contribution in [2.75, 3.05) is 0 Å². The Balaban J connectivity index is 2.19. The summed E-state index contributed by atoms with van der Waals surface area (Å²) in [6.07, 6.45) is 3.11. The van der Waals surface area contributed by atoms with Crippen molar-refractivity contribution in [2.24, 2.45) is 0 Å². The van der Waals surface area contributed by atoms with E-state index in [0.717, 1.165) is 5.69 Å². The highest BCUT2D eigenvalue weighted by Gasteiger charge is 2.22. The molecule has 0 aliphatic rings. The predicted octanol–water partition coefficient (Wildman–Crippen LogP) is 1.13. The first-order chi connectivity index (χ1) is 9.44. The summed E-state index contributed by atoms with van der Waals surface area (Å²) in [4.78, 5) is 8.74. The molecule has 0 spiro atoms. The predicted molar refractivity (Wildman–Crippen MR) is 75.8 cm³/mol. The number of nitrogens with one attached hydrogen (secondary N) is 1. The number of hydrogen-bond acceptors (Lipinski definition) is 6. The molecule has 6 nitrogen and oxygen atoms in total. The fraction of sp³-hybridized carbons (Fsp3) is 0.333. The Morgan fingerprint density at radius 3 is 2.65 bits per heavy atom. The normalized spacial score (nSPS) is 11.8. The SMILES string of the molecule is Cc1cnc(CNS(=O)(=O)c2c(C)csc2CO)cn1. The molecule has 0 atom stereocenters. The summed E-state index contributed by atoms with van der Waals surface area (Å²) in [5, 5.41) is 10.9. The zero-order valence-electron chi connectivity index (χ0n) is 11.1. The Kier molecular flexibility index (Phi) is 4.48. The van der Waals surface area contributed by atoms with Gasteiger partial charge < -0.3 is 5.11 Å². The number of thiophene rings is 1. The van der Waals surface area contributed by atoms with Crippen LogP contribution in [0.1, 0.15) is 21.8 Å². The molecule has 20 heavy (non-hydrogen) atoms. The smallest absolute Gasteiger partial charge is 0.242 e. The molecule has 0 saturated heterocycles. The van der Waals surface area contributed by atoms with Crippen LogP contribution in [0, 0.1) is 13.8 Å². The number of sulfonamides is 1. The molecule has 0 bridgehead atoms. The molecular weight excluding hydrogens is 298 g/mol. The minimum Gasteiger partial charge on any atom is -0.391 e. The summed E-state index contributed by atoms with van der Waals surface area (Å²) >= 11 is 1.23. The van der Waals surface area contributed by atoms with Crippen molar-refractivity contribution in [1.82, 2.24) is 14.7 Å². The van der Waals surface area contributed by atoms with Crippen LogP contribution in [0.3, 0.4) is 0 Å². The van der Waals surface area contributed by atoms with Crippen molar-refractivity contribution >= 4 is 21.4 Å². The largest absolute Gasteiger partial charge is 0.391 e.